The highest BCUT2D eigenvalue weighted by molar-refractivity contribution is 6.15. The number of anilines is 2. The number of nitrogens with one attached hydrogen (secondary N) is 1. The van der Waals surface area contributed by atoms with E-state index in [0.29, 0.717) is 22.6 Å². The number of nitrogens with zero attached hydrogens (tertiary/aromatic N) is 2. The topological polar surface area (TPSA) is 62.3 Å². The molecular weight excluding hydrogens is 254 g/mol. The fraction of sp³-hybridized carbons (Fsp3) is 0.133. The first-order valence-electron chi connectivity index (χ1n) is 6.29. The zero-order chi connectivity index (χ0) is 14.1. The molecule has 1 N–H and O–H groups in total. The van der Waals surface area contributed by atoms with Crippen molar-refractivity contribution in [2.75, 3.05) is 16.8 Å². The van der Waals surface area contributed by atoms with Crippen LogP contribution in [0.3, 0.4) is 0 Å². The van der Waals surface area contributed by atoms with E-state index in [1.54, 1.807) is 31.3 Å². The van der Waals surface area contributed by atoms with Gasteiger partial charge in [-0.1, -0.05) is 12.1 Å². The molecule has 1 aliphatic heterocycles. The maximum Gasteiger partial charge on any atom is 0.260 e. The lowest BCUT2D eigenvalue weighted by Crippen LogP contribution is -2.42. The van der Waals surface area contributed by atoms with Gasteiger partial charge in [0.2, 0.25) is 5.91 Å². The molecule has 5 heteroatoms. The molecule has 0 aliphatic carbocycles. The Balaban J connectivity index is 2.05. The second-order valence-electron chi connectivity index (χ2n) is 4.59. The quantitative estimate of drug-likeness (QED) is 0.859. The number of pyridine rings is 1. The number of benzene rings is 1. The Morgan fingerprint density at radius 2 is 2.05 bits per heavy atom. The molecule has 0 spiro atoms. The van der Waals surface area contributed by atoms with Gasteiger partial charge in [-0.15, -0.1) is 0 Å². The van der Waals surface area contributed by atoms with E-state index in [2.05, 4.69) is 10.3 Å². The summed E-state index contributed by atoms with van der Waals surface area (Å²) in [5, 5.41) is 2.76. The Bertz CT molecular complexity index is 697. The Kier molecular flexibility index (Phi) is 2.95. The fourth-order valence-corrected chi connectivity index (χ4v) is 2.27. The molecule has 20 heavy (non-hydrogen) atoms. The second-order valence-corrected chi connectivity index (χ2v) is 4.59. The number of fused-ring (bicyclic) bond motifs is 1. The largest absolute Gasteiger partial charge is 0.323 e. The summed E-state index contributed by atoms with van der Waals surface area (Å²) in [5.74, 6) is -0.406. The Morgan fingerprint density at radius 3 is 2.85 bits per heavy atom. The van der Waals surface area contributed by atoms with Gasteiger partial charge in [-0.3, -0.25) is 19.5 Å². The van der Waals surface area contributed by atoms with Crippen LogP contribution in [-0.2, 0) is 4.79 Å². The van der Waals surface area contributed by atoms with Crippen LogP contribution in [-0.4, -0.2) is 23.3 Å². The van der Waals surface area contributed by atoms with Gasteiger partial charge in [0.05, 0.1) is 16.9 Å². The molecule has 2 aromatic rings. The van der Waals surface area contributed by atoms with Gasteiger partial charge in [0.1, 0.15) is 6.54 Å². The van der Waals surface area contributed by atoms with Crippen LogP contribution in [0.25, 0.3) is 0 Å². The summed E-state index contributed by atoms with van der Waals surface area (Å²) in [7, 11) is 0. The molecule has 0 bridgehead atoms. The van der Waals surface area contributed by atoms with Crippen LogP contribution in [0.5, 0.6) is 0 Å². The van der Waals surface area contributed by atoms with Crippen LogP contribution in [0.1, 0.15) is 16.1 Å². The van der Waals surface area contributed by atoms with Gasteiger partial charge < -0.3 is 5.32 Å². The third-order valence-electron chi connectivity index (χ3n) is 3.25. The summed E-state index contributed by atoms with van der Waals surface area (Å²) in [4.78, 5) is 30.0. The van der Waals surface area contributed by atoms with E-state index in [1.807, 2.05) is 18.2 Å². The number of hydrogen-bond donors (Lipinski definition) is 1. The van der Waals surface area contributed by atoms with E-state index < -0.39 is 0 Å². The molecule has 0 radical (unpaired) electrons. The van der Waals surface area contributed by atoms with Crippen molar-refractivity contribution in [3.05, 3.63) is 53.9 Å². The number of aromatic nitrogens is 1. The molecule has 0 saturated carbocycles. The zero-order valence-corrected chi connectivity index (χ0v) is 11.0. The summed E-state index contributed by atoms with van der Waals surface area (Å²) < 4.78 is 0. The first-order valence-corrected chi connectivity index (χ1v) is 6.29. The predicted molar refractivity (Wildman–Crippen MR) is 75.7 cm³/mol. The van der Waals surface area contributed by atoms with E-state index in [9.17, 15) is 9.59 Å². The standard InChI is InChI=1S/C15H13N3O2/c1-10-11(5-4-8-16-10)15(20)18-9-14(19)17-12-6-2-3-7-13(12)18/h2-8H,9H2,1H3,(H,17,19). The van der Waals surface area contributed by atoms with Crippen molar-refractivity contribution in [3.8, 4) is 0 Å². The summed E-state index contributed by atoms with van der Waals surface area (Å²) in [6.07, 6.45) is 1.64. The first-order chi connectivity index (χ1) is 9.66. The van der Waals surface area contributed by atoms with Crippen LogP contribution in [0.2, 0.25) is 0 Å². The van der Waals surface area contributed by atoms with Crippen molar-refractivity contribution >= 4 is 23.2 Å². The average Bonchev–Trinajstić information content (AvgIpc) is 2.46. The number of carbonyl (C=O) groups is 2. The van der Waals surface area contributed by atoms with Crippen molar-refractivity contribution in [1.82, 2.24) is 4.98 Å². The van der Waals surface area contributed by atoms with Crippen molar-refractivity contribution in [1.29, 1.82) is 0 Å². The molecule has 5 nitrogen and oxygen atoms in total. The molecule has 1 aromatic heterocycles. The van der Waals surface area contributed by atoms with Crippen molar-refractivity contribution in [3.63, 3.8) is 0 Å². The normalized spacial score (nSPS) is 13.7. The number of amides is 2. The minimum atomic E-state index is -0.210. The molecule has 2 amide bonds. The van der Waals surface area contributed by atoms with Gasteiger partial charge in [0, 0.05) is 11.9 Å². The smallest absolute Gasteiger partial charge is 0.260 e. The highest BCUT2D eigenvalue weighted by atomic mass is 16.2. The van der Waals surface area contributed by atoms with Crippen LogP contribution in [0, 0.1) is 6.92 Å². The van der Waals surface area contributed by atoms with Crippen molar-refractivity contribution < 1.29 is 9.59 Å². The van der Waals surface area contributed by atoms with E-state index in [4.69, 9.17) is 0 Å². The minimum Gasteiger partial charge on any atom is -0.323 e. The fourth-order valence-electron chi connectivity index (χ4n) is 2.27. The van der Waals surface area contributed by atoms with Crippen LogP contribution in [0.4, 0.5) is 11.4 Å². The molecule has 100 valence electrons. The average molecular weight is 267 g/mol. The van der Waals surface area contributed by atoms with E-state index in [1.165, 1.54) is 4.90 Å². The summed E-state index contributed by atoms with van der Waals surface area (Å²) in [5.41, 5.74) is 2.52. The first kappa shape index (κ1) is 12.3. The lowest BCUT2D eigenvalue weighted by molar-refractivity contribution is -0.115. The SMILES string of the molecule is Cc1ncccc1C(=O)N1CC(=O)Nc2ccccc21. The van der Waals surface area contributed by atoms with Crippen LogP contribution >= 0.6 is 0 Å². The Labute approximate surface area is 116 Å². The van der Waals surface area contributed by atoms with Crippen LogP contribution < -0.4 is 10.2 Å². The monoisotopic (exact) mass is 267 g/mol. The Hall–Kier alpha value is -2.69. The second kappa shape index (κ2) is 4.77. The highest BCUT2D eigenvalue weighted by Gasteiger charge is 2.28. The predicted octanol–water partition coefficient (Wildman–Crippen LogP) is 1.99. The Morgan fingerprint density at radius 1 is 1.25 bits per heavy atom. The third-order valence-corrected chi connectivity index (χ3v) is 3.25. The summed E-state index contributed by atoms with van der Waals surface area (Å²) in [6, 6.07) is 10.7. The number of para-hydroxylation sites is 2. The molecule has 0 fully saturated rings. The third kappa shape index (κ3) is 2.03. The van der Waals surface area contributed by atoms with Crippen LogP contribution in [0.15, 0.2) is 42.6 Å². The molecule has 0 atom stereocenters. The van der Waals surface area contributed by atoms with Gasteiger partial charge >= 0.3 is 0 Å². The van der Waals surface area contributed by atoms with Gasteiger partial charge in [0.25, 0.3) is 5.91 Å². The van der Waals surface area contributed by atoms with Crippen molar-refractivity contribution in [2.45, 2.75) is 6.92 Å². The highest BCUT2D eigenvalue weighted by Crippen LogP contribution is 2.30. The molecule has 3 rings (SSSR count). The van der Waals surface area contributed by atoms with Crippen molar-refractivity contribution in [2.24, 2.45) is 0 Å². The number of hydrogen-bond acceptors (Lipinski definition) is 3. The van der Waals surface area contributed by atoms with E-state index >= 15 is 0 Å². The van der Waals surface area contributed by atoms with Gasteiger partial charge in [-0.05, 0) is 31.2 Å². The molecule has 1 aliphatic rings. The molecule has 0 unspecified atom stereocenters. The number of carbonyl (C=O) groups excluding carboxylic acids is 2. The van der Waals surface area contributed by atoms with E-state index in [0.717, 1.165) is 0 Å². The summed E-state index contributed by atoms with van der Waals surface area (Å²) >= 11 is 0. The lowest BCUT2D eigenvalue weighted by atomic mass is 10.1. The lowest BCUT2D eigenvalue weighted by Gasteiger charge is -2.29. The molecule has 1 aromatic carbocycles. The maximum absolute atomic E-state index is 12.6. The molecular formula is C15H13N3O2. The maximum atomic E-state index is 12.6. The number of rotatable bonds is 1. The minimum absolute atomic E-state index is 0.0180. The zero-order valence-electron chi connectivity index (χ0n) is 11.0. The van der Waals surface area contributed by atoms with Gasteiger partial charge in [0.15, 0.2) is 0 Å². The van der Waals surface area contributed by atoms with Gasteiger partial charge in [-0.2, -0.15) is 0 Å². The molecule has 2 heterocycles. The molecule has 0 saturated heterocycles. The van der Waals surface area contributed by atoms with Gasteiger partial charge in [-0.25, -0.2) is 0 Å². The number of aryl methyl sites for hydroxylation is 1. The van der Waals surface area contributed by atoms with E-state index in [-0.39, 0.29) is 18.4 Å². The summed E-state index contributed by atoms with van der Waals surface area (Å²) in [6.45, 7) is 1.80.